The van der Waals surface area contributed by atoms with E-state index in [9.17, 15) is 18.0 Å². The second-order valence-corrected chi connectivity index (χ2v) is 4.56. The van der Waals surface area contributed by atoms with E-state index >= 15 is 0 Å². The molecule has 0 bridgehead atoms. The number of ketones is 1. The lowest BCUT2D eigenvalue weighted by atomic mass is 10.1. The summed E-state index contributed by atoms with van der Waals surface area (Å²) in [6.07, 6.45) is -4.40. The fraction of sp³-hybridized carbons (Fsp3) is 0.133. The third-order valence-electron chi connectivity index (χ3n) is 2.91. The van der Waals surface area contributed by atoms with Gasteiger partial charge in [0.2, 0.25) is 0 Å². The smallest absolute Gasteiger partial charge is 0.398 e. The number of anilines is 3. The number of benzene rings is 2. The van der Waals surface area contributed by atoms with Crippen molar-refractivity contribution in [2.45, 2.75) is 13.1 Å². The lowest BCUT2D eigenvalue weighted by Gasteiger charge is -2.12. The normalized spacial score (nSPS) is 11.2. The van der Waals surface area contributed by atoms with Crippen LogP contribution in [0.2, 0.25) is 0 Å². The molecule has 0 amide bonds. The summed E-state index contributed by atoms with van der Waals surface area (Å²) in [4.78, 5) is 11.4. The third-order valence-corrected chi connectivity index (χ3v) is 2.91. The SMILES string of the molecule is CC(=O)c1cc(Nc2cccc(C(F)(F)F)c2)ccc1N. The highest BCUT2D eigenvalue weighted by Crippen LogP contribution is 2.31. The maximum absolute atomic E-state index is 12.6. The standard InChI is InChI=1S/C15H13F3N2O/c1-9(21)13-8-12(5-6-14(13)19)20-11-4-2-3-10(7-11)15(16,17)18/h2-8,20H,19H2,1H3. The molecule has 0 fully saturated rings. The number of carbonyl (C=O) groups is 1. The summed E-state index contributed by atoms with van der Waals surface area (Å²) in [5, 5.41) is 2.83. The fourth-order valence-electron chi connectivity index (χ4n) is 1.88. The molecule has 2 aromatic carbocycles. The molecule has 110 valence electrons. The van der Waals surface area contributed by atoms with Crippen molar-refractivity contribution in [1.29, 1.82) is 0 Å². The Bertz CT molecular complexity index is 681. The number of alkyl halides is 3. The molecule has 0 unspecified atom stereocenters. The number of carbonyl (C=O) groups excluding carboxylic acids is 1. The van der Waals surface area contributed by atoms with Gasteiger partial charge in [0.15, 0.2) is 5.78 Å². The van der Waals surface area contributed by atoms with Crippen LogP contribution in [0.15, 0.2) is 42.5 Å². The van der Waals surface area contributed by atoms with E-state index in [1.54, 1.807) is 6.07 Å². The predicted molar refractivity (Wildman–Crippen MR) is 75.6 cm³/mol. The second kappa shape index (κ2) is 5.47. The van der Waals surface area contributed by atoms with Crippen molar-refractivity contribution in [2.75, 3.05) is 11.1 Å². The molecule has 2 rings (SSSR count). The highest BCUT2D eigenvalue weighted by atomic mass is 19.4. The lowest BCUT2D eigenvalue weighted by molar-refractivity contribution is -0.137. The van der Waals surface area contributed by atoms with Gasteiger partial charge < -0.3 is 11.1 Å². The maximum atomic E-state index is 12.6. The Morgan fingerprint density at radius 2 is 1.76 bits per heavy atom. The van der Waals surface area contributed by atoms with Crippen molar-refractivity contribution in [3.05, 3.63) is 53.6 Å². The van der Waals surface area contributed by atoms with Gasteiger partial charge in [-0.3, -0.25) is 4.79 Å². The number of halogens is 3. The van der Waals surface area contributed by atoms with Crippen LogP contribution in [0.25, 0.3) is 0 Å². The molecule has 0 aliphatic carbocycles. The number of hydrogen-bond acceptors (Lipinski definition) is 3. The molecule has 0 aromatic heterocycles. The zero-order valence-electron chi connectivity index (χ0n) is 11.2. The summed E-state index contributed by atoms with van der Waals surface area (Å²) in [5.74, 6) is -0.208. The second-order valence-electron chi connectivity index (χ2n) is 4.56. The minimum absolute atomic E-state index is 0.208. The van der Waals surface area contributed by atoms with E-state index < -0.39 is 11.7 Å². The first-order valence-corrected chi connectivity index (χ1v) is 6.12. The number of nitrogens with one attached hydrogen (secondary N) is 1. The molecule has 0 aliphatic rings. The fourth-order valence-corrected chi connectivity index (χ4v) is 1.88. The Hall–Kier alpha value is -2.50. The molecule has 0 radical (unpaired) electrons. The molecular formula is C15H13F3N2O. The highest BCUT2D eigenvalue weighted by Gasteiger charge is 2.30. The molecule has 0 saturated carbocycles. The van der Waals surface area contributed by atoms with Gasteiger partial charge in [-0.1, -0.05) is 6.07 Å². The molecule has 2 aromatic rings. The highest BCUT2D eigenvalue weighted by molar-refractivity contribution is 6.00. The largest absolute Gasteiger partial charge is 0.416 e. The van der Waals surface area contributed by atoms with Gasteiger partial charge in [0, 0.05) is 22.6 Å². The predicted octanol–water partition coefficient (Wildman–Crippen LogP) is 4.23. The number of nitrogens with two attached hydrogens (primary N) is 1. The van der Waals surface area contributed by atoms with E-state index in [-0.39, 0.29) is 11.5 Å². The van der Waals surface area contributed by atoms with Crippen LogP contribution in [-0.2, 0) is 6.18 Å². The zero-order valence-corrected chi connectivity index (χ0v) is 11.2. The van der Waals surface area contributed by atoms with Crippen LogP contribution in [0.4, 0.5) is 30.2 Å². The van der Waals surface area contributed by atoms with E-state index in [1.165, 1.54) is 31.2 Å². The van der Waals surface area contributed by atoms with Crippen molar-refractivity contribution in [3.63, 3.8) is 0 Å². The number of hydrogen-bond donors (Lipinski definition) is 2. The van der Waals surface area contributed by atoms with E-state index in [1.807, 2.05) is 0 Å². The number of rotatable bonds is 3. The topological polar surface area (TPSA) is 55.1 Å². The van der Waals surface area contributed by atoms with Crippen LogP contribution in [0.1, 0.15) is 22.8 Å². The molecule has 0 spiro atoms. The minimum Gasteiger partial charge on any atom is -0.398 e. The summed E-state index contributed by atoms with van der Waals surface area (Å²) in [6.45, 7) is 1.37. The maximum Gasteiger partial charge on any atom is 0.416 e. The average Bonchev–Trinajstić information content (AvgIpc) is 2.40. The Balaban J connectivity index is 2.31. The van der Waals surface area contributed by atoms with Gasteiger partial charge in [-0.15, -0.1) is 0 Å². The Morgan fingerprint density at radius 1 is 1.10 bits per heavy atom. The van der Waals surface area contributed by atoms with Gasteiger partial charge in [-0.2, -0.15) is 13.2 Å². The Kier molecular flexibility index (Phi) is 3.88. The average molecular weight is 294 g/mol. The Morgan fingerprint density at radius 3 is 2.38 bits per heavy atom. The first kappa shape index (κ1) is 14.9. The van der Waals surface area contributed by atoms with E-state index in [0.717, 1.165) is 12.1 Å². The van der Waals surface area contributed by atoms with Gasteiger partial charge in [0.05, 0.1) is 5.56 Å². The molecule has 3 nitrogen and oxygen atoms in total. The molecule has 0 aliphatic heterocycles. The summed E-state index contributed by atoms with van der Waals surface area (Å²) < 4.78 is 37.9. The van der Waals surface area contributed by atoms with Crippen LogP contribution in [0.3, 0.4) is 0 Å². The molecule has 21 heavy (non-hydrogen) atoms. The van der Waals surface area contributed by atoms with E-state index in [0.29, 0.717) is 16.9 Å². The molecule has 0 atom stereocenters. The summed E-state index contributed by atoms with van der Waals surface area (Å²) in [5.41, 5.74) is 6.36. The van der Waals surface area contributed by atoms with Crippen LogP contribution >= 0.6 is 0 Å². The van der Waals surface area contributed by atoms with Gasteiger partial charge in [0.25, 0.3) is 0 Å². The monoisotopic (exact) mass is 294 g/mol. The molecular weight excluding hydrogens is 281 g/mol. The molecule has 0 heterocycles. The summed E-state index contributed by atoms with van der Waals surface area (Å²) in [6, 6.07) is 9.47. The number of Topliss-reactive ketones (excluding diaryl/α,β-unsaturated/α-hetero) is 1. The quantitative estimate of drug-likeness (QED) is 0.658. The van der Waals surface area contributed by atoms with E-state index in [4.69, 9.17) is 5.73 Å². The van der Waals surface area contributed by atoms with Crippen LogP contribution < -0.4 is 11.1 Å². The van der Waals surface area contributed by atoms with Crippen molar-refractivity contribution in [2.24, 2.45) is 0 Å². The third kappa shape index (κ3) is 3.53. The summed E-state index contributed by atoms with van der Waals surface area (Å²) >= 11 is 0. The van der Waals surface area contributed by atoms with Crippen LogP contribution in [0.5, 0.6) is 0 Å². The van der Waals surface area contributed by atoms with Gasteiger partial charge in [0.1, 0.15) is 0 Å². The molecule has 3 N–H and O–H groups in total. The molecule has 6 heteroatoms. The van der Waals surface area contributed by atoms with Gasteiger partial charge >= 0.3 is 6.18 Å². The Labute approximate surface area is 119 Å². The summed E-state index contributed by atoms with van der Waals surface area (Å²) in [7, 11) is 0. The lowest BCUT2D eigenvalue weighted by Crippen LogP contribution is -2.05. The van der Waals surface area contributed by atoms with Crippen LogP contribution in [0, 0.1) is 0 Å². The first-order valence-electron chi connectivity index (χ1n) is 6.12. The van der Waals surface area contributed by atoms with Gasteiger partial charge in [-0.25, -0.2) is 0 Å². The van der Waals surface area contributed by atoms with Gasteiger partial charge in [-0.05, 0) is 43.3 Å². The minimum atomic E-state index is -4.40. The van der Waals surface area contributed by atoms with Crippen LogP contribution in [-0.4, -0.2) is 5.78 Å². The first-order chi connectivity index (χ1) is 9.77. The number of nitrogen functional groups attached to an aromatic ring is 1. The zero-order chi connectivity index (χ0) is 15.6. The van der Waals surface area contributed by atoms with Crippen molar-refractivity contribution in [1.82, 2.24) is 0 Å². The van der Waals surface area contributed by atoms with Crippen molar-refractivity contribution < 1.29 is 18.0 Å². The van der Waals surface area contributed by atoms with Crippen molar-refractivity contribution in [3.8, 4) is 0 Å². The molecule has 0 saturated heterocycles. The van der Waals surface area contributed by atoms with E-state index in [2.05, 4.69) is 5.32 Å². The van der Waals surface area contributed by atoms with Crippen molar-refractivity contribution >= 4 is 22.8 Å².